The van der Waals surface area contributed by atoms with Gasteiger partial charge in [0.2, 0.25) is 0 Å². The molecule has 2 aliphatic carbocycles. The Kier molecular flexibility index (Phi) is 4.78. The highest BCUT2D eigenvalue weighted by molar-refractivity contribution is 6.06. The molecule has 3 aliphatic rings. The molecular weight excluding hydrogens is 544 g/mol. The van der Waals surface area contributed by atoms with E-state index in [0.717, 1.165) is 11.5 Å². The Morgan fingerprint density at radius 3 is 1.89 bits per heavy atom. The summed E-state index contributed by atoms with van der Waals surface area (Å²) >= 11 is 0. The van der Waals surface area contributed by atoms with Crippen LogP contribution in [-0.2, 0) is 10.8 Å². The Bertz CT molecular complexity index is 2390. The second-order valence-corrected chi connectivity index (χ2v) is 13.2. The molecule has 45 heavy (non-hydrogen) atoms. The van der Waals surface area contributed by atoms with Gasteiger partial charge in [0.25, 0.3) is 0 Å². The van der Waals surface area contributed by atoms with Crippen molar-refractivity contribution in [1.29, 1.82) is 0 Å². The molecule has 7 aromatic carbocycles. The van der Waals surface area contributed by atoms with E-state index in [1.807, 2.05) is 6.07 Å². The lowest BCUT2D eigenvalue weighted by atomic mass is 9.70. The van der Waals surface area contributed by atoms with Crippen molar-refractivity contribution in [2.24, 2.45) is 0 Å². The normalized spacial score (nSPS) is 17.6. The number of para-hydroxylation sites is 1. The van der Waals surface area contributed by atoms with Gasteiger partial charge in [-0.05, 0) is 90.7 Å². The minimum atomic E-state index is -0.351. The summed E-state index contributed by atoms with van der Waals surface area (Å²) in [4.78, 5) is 0. The molecule has 0 amide bonds. The maximum Gasteiger partial charge on any atom is 0.131 e. The van der Waals surface area contributed by atoms with Gasteiger partial charge >= 0.3 is 0 Å². The lowest BCUT2D eigenvalue weighted by Crippen LogP contribution is -2.25. The van der Waals surface area contributed by atoms with Crippen molar-refractivity contribution in [2.75, 3.05) is 0 Å². The Morgan fingerprint density at radius 1 is 0.422 bits per heavy atom. The number of rotatable bonds is 1. The molecule has 10 rings (SSSR count). The first kappa shape index (κ1) is 25.0. The van der Waals surface area contributed by atoms with Gasteiger partial charge in [-0.1, -0.05) is 135 Å². The maximum atomic E-state index is 6.38. The van der Waals surface area contributed by atoms with Crippen molar-refractivity contribution in [3.63, 3.8) is 0 Å². The zero-order valence-electron chi connectivity index (χ0n) is 25.3. The van der Waals surface area contributed by atoms with E-state index in [-0.39, 0.29) is 10.8 Å². The molecule has 1 aliphatic heterocycles. The van der Waals surface area contributed by atoms with Gasteiger partial charge in [0.1, 0.15) is 11.5 Å². The van der Waals surface area contributed by atoms with Crippen LogP contribution < -0.4 is 4.74 Å². The molecule has 1 nitrogen and oxygen atoms in total. The number of hydrogen-bond donors (Lipinski definition) is 0. The predicted molar refractivity (Wildman–Crippen MR) is 184 cm³/mol. The highest BCUT2D eigenvalue weighted by Gasteiger charge is 2.52. The molecule has 212 valence electrons. The van der Waals surface area contributed by atoms with Crippen LogP contribution in [0.25, 0.3) is 44.2 Å². The smallest absolute Gasteiger partial charge is 0.131 e. The predicted octanol–water partition coefficient (Wildman–Crippen LogP) is 11.3. The maximum absolute atomic E-state index is 6.38. The molecule has 0 N–H and O–H groups in total. The van der Waals surface area contributed by atoms with Crippen LogP contribution in [0.4, 0.5) is 0 Å². The van der Waals surface area contributed by atoms with Crippen molar-refractivity contribution in [3.05, 3.63) is 179 Å². The average Bonchev–Trinajstić information content (AvgIpc) is 3.55. The van der Waals surface area contributed by atoms with E-state index >= 15 is 0 Å². The van der Waals surface area contributed by atoms with Crippen LogP contribution in [0.2, 0.25) is 0 Å². The molecule has 0 saturated carbocycles. The summed E-state index contributed by atoms with van der Waals surface area (Å²) in [6, 6.07) is 54.0. The number of ether oxygens (including phenoxy) is 1. The summed E-state index contributed by atoms with van der Waals surface area (Å²) in [6.07, 6.45) is 0. The molecule has 1 unspecified atom stereocenters. The first-order chi connectivity index (χ1) is 22.1. The number of hydrogen-bond acceptors (Lipinski definition) is 1. The van der Waals surface area contributed by atoms with Crippen molar-refractivity contribution >= 4 is 10.8 Å². The van der Waals surface area contributed by atoms with Crippen molar-refractivity contribution in [2.45, 2.75) is 24.7 Å². The van der Waals surface area contributed by atoms with Crippen LogP contribution in [0.1, 0.15) is 47.2 Å². The van der Waals surface area contributed by atoms with Crippen molar-refractivity contribution < 1.29 is 4.74 Å². The molecular formula is C44H30O. The Balaban J connectivity index is 1.21. The first-order valence-electron chi connectivity index (χ1n) is 15.9. The fraction of sp³-hybridized carbons (Fsp3) is 0.0909. The van der Waals surface area contributed by atoms with E-state index in [9.17, 15) is 0 Å². The minimum absolute atomic E-state index is 0.159. The van der Waals surface area contributed by atoms with Crippen LogP contribution in [-0.4, -0.2) is 0 Å². The van der Waals surface area contributed by atoms with Crippen molar-refractivity contribution in [3.8, 4) is 44.9 Å². The Morgan fingerprint density at radius 2 is 1.02 bits per heavy atom. The summed E-state index contributed by atoms with van der Waals surface area (Å²) in [5.74, 6) is 1.89. The van der Waals surface area contributed by atoms with E-state index in [0.29, 0.717) is 0 Å². The zero-order chi connectivity index (χ0) is 29.9. The molecule has 1 spiro atoms. The SMILES string of the molecule is CC1(C)c2ccccc2Oc2ccc(-c3ccc4c(c3)-c3ccccc3C43c4ccccc4-c4c3ccc3ccccc43)cc21. The van der Waals surface area contributed by atoms with E-state index in [1.165, 1.54) is 77.5 Å². The Labute approximate surface area is 263 Å². The fourth-order valence-electron chi connectivity index (χ4n) is 8.71. The minimum Gasteiger partial charge on any atom is -0.457 e. The molecule has 0 radical (unpaired) electrons. The van der Waals surface area contributed by atoms with Gasteiger partial charge in [-0.3, -0.25) is 0 Å². The van der Waals surface area contributed by atoms with E-state index in [2.05, 4.69) is 153 Å². The van der Waals surface area contributed by atoms with Gasteiger partial charge in [-0.25, -0.2) is 0 Å². The van der Waals surface area contributed by atoms with Gasteiger partial charge in [-0.2, -0.15) is 0 Å². The third-order valence-corrected chi connectivity index (χ3v) is 10.7. The Hall–Kier alpha value is -5.40. The molecule has 0 aromatic heterocycles. The second kappa shape index (κ2) is 8.61. The van der Waals surface area contributed by atoms with Crippen LogP contribution in [0.3, 0.4) is 0 Å². The summed E-state index contributed by atoms with van der Waals surface area (Å²) < 4.78 is 6.38. The lowest BCUT2D eigenvalue weighted by molar-refractivity contribution is 0.418. The van der Waals surface area contributed by atoms with Gasteiger partial charge in [0.15, 0.2) is 0 Å². The quantitative estimate of drug-likeness (QED) is 0.189. The molecule has 1 atom stereocenters. The van der Waals surface area contributed by atoms with E-state index < -0.39 is 0 Å². The molecule has 1 heterocycles. The number of benzene rings is 7. The molecule has 0 fully saturated rings. The molecule has 1 heteroatoms. The van der Waals surface area contributed by atoms with Gasteiger partial charge in [-0.15, -0.1) is 0 Å². The molecule has 0 bridgehead atoms. The lowest BCUT2D eigenvalue weighted by Gasteiger charge is -2.34. The summed E-state index contributed by atoms with van der Waals surface area (Å²) in [5.41, 5.74) is 15.2. The largest absolute Gasteiger partial charge is 0.457 e. The van der Waals surface area contributed by atoms with Crippen LogP contribution in [0.15, 0.2) is 146 Å². The number of fused-ring (bicyclic) bond motifs is 14. The highest BCUT2D eigenvalue weighted by Crippen LogP contribution is 2.64. The molecule has 7 aromatic rings. The highest BCUT2D eigenvalue weighted by atomic mass is 16.5. The zero-order valence-corrected chi connectivity index (χ0v) is 25.3. The van der Waals surface area contributed by atoms with Gasteiger partial charge in [0.05, 0.1) is 5.41 Å². The van der Waals surface area contributed by atoms with Crippen LogP contribution >= 0.6 is 0 Å². The third-order valence-electron chi connectivity index (χ3n) is 10.7. The first-order valence-corrected chi connectivity index (χ1v) is 15.9. The average molecular weight is 575 g/mol. The topological polar surface area (TPSA) is 9.23 Å². The van der Waals surface area contributed by atoms with Crippen molar-refractivity contribution in [1.82, 2.24) is 0 Å². The van der Waals surface area contributed by atoms with E-state index in [1.54, 1.807) is 0 Å². The van der Waals surface area contributed by atoms with Crippen LogP contribution in [0.5, 0.6) is 11.5 Å². The van der Waals surface area contributed by atoms with Crippen LogP contribution in [0, 0.1) is 0 Å². The second-order valence-electron chi connectivity index (χ2n) is 13.2. The summed E-state index contributed by atoms with van der Waals surface area (Å²) in [5, 5.41) is 2.61. The van der Waals surface area contributed by atoms with E-state index in [4.69, 9.17) is 4.74 Å². The monoisotopic (exact) mass is 574 g/mol. The summed E-state index contributed by atoms with van der Waals surface area (Å²) in [6.45, 7) is 4.61. The third kappa shape index (κ3) is 3.08. The van der Waals surface area contributed by atoms with Gasteiger partial charge in [0, 0.05) is 16.5 Å². The van der Waals surface area contributed by atoms with Gasteiger partial charge < -0.3 is 4.74 Å². The molecule has 0 saturated heterocycles. The standard InChI is InChI=1S/C44H30O/c1-43(2)37-17-9-10-18-40(37)45-41-24-21-29(26-39(41)43)28-20-22-36-33(25-28)31-13-5-7-15-34(31)44(36)35-16-8-6-14-32(35)42-30-12-4-3-11-27(30)19-23-38(42)44/h3-26H,1-2H3. The fourth-order valence-corrected chi connectivity index (χ4v) is 8.71. The summed E-state index contributed by atoms with van der Waals surface area (Å²) in [7, 11) is 0.